The van der Waals surface area contributed by atoms with Crippen LogP contribution < -0.4 is 5.56 Å². The Bertz CT molecular complexity index is 1240. The molecule has 146 valence electrons. The van der Waals surface area contributed by atoms with Gasteiger partial charge in [-0.15, -0.1) is 11.8 Å². The second kappa shape index (κ2) is 8.49. The van der Waals surface area contributed by atoms with Crippen LogP contribution in [0.4, 0.5) is 0 Å². The molecule has 0 fully saturated rings. The first-order valence-corrected chi connectivity index (χ1v) is 10.5. The summed E-state index contributed by atoms with van der Waals surface area (Å²) in [5.41, 5.74) is 0.458. The SMILES string of the molecule is CCN(Cc1nc2ccccc2c(=O)[nH]1)C(=O)CSc1ccc2ccccc2c1. The van der Waals surface area contributed by atoms with E-state index in [0.29, 0.717) is 29.0 Å². The number of aromatic amines is 1. The zero-order chi connectivity index (χ0) is 20.2. The van der Waals surface area contributed by atoms with E-state index in [1.54, 1.807) is 11.0 Å². The Kier molecular flexibility index (Phi) is 5.62. The van der Waals surface area contributed by atoms with Crippen molar-refractivity contribution in [1.29, 1.82) is 0 Å². The Hall–Kier alpha value is -3.12. The van der Waals surface area contributed by atoms with Gasteiger partial charge in [0.2, 0.25) is 5.91 Å². The predicted octanol–water partition coefficient (Wildman–Crippen LogP) is 4.22. The maximum atomic E-state index is 12.7. The molecule has 0 saturated carbocycles. The topological polar surface area (TPSA) is 66.1 Å². The van der Waals surface area contributed by atoms with Crippen molar-refractivity contribution in [3.63, 3.8) is 0 Å². The van der Waals surface area contributed by atoms with Crippen molar-refractivity contribution in [1.82, 2.24) is 14.9 Å². The molecule has 0 aliphatic heterocycles. The van der Waals surface area contributed by atoms with Gasteiger partial charge in [0.15, 0.2) is 0 Å². The molecule has 0 aliphatic rings. The number of rotatable bonds is 6. The first kappa shape index (κ1) is 19.2. The molecule has 29 heavy (non-hydrogen) atoms. The van der Waals surface area contributed by atoms with Gasteiger partial charge in [0.05, 0.1) is 23.2 Å². The van der Waals surface area contributed by atoms with Crippen LogP contribution in [0.3, 0.4) is 0 Å². The van der Waals surface area contributed by atoms with E-state index in [1.165, 1.54) is 17.1 Å². The highest BCUT2D eigenvalue weighted by molar-refractivity contribution is 8.00. The van der Waals surface area contributed by atoms with Gasteiger partial charge >= 0.3 is 0 Å². The summed E-state index contributed by atoms with van der Waals surface area (Å²) >= 11 is 1.52. The van der Waals surface area contributed by atoms with E-state index in [0.717, 1.165) is 10.3 Å². The molecule has 0 atom stereocenters. The van der Waals surface area contributed by atoms with Crippen molar-refractivity contribution in [2.45, 2.75) is 18.4 Å². The van der Waals surface area contributed by atoms with Gasteiger partial charge in [-0.1, -0.05) is 42.5 Å². The molecular weight excluding hydrogens is 382 g/mol. The van der Waals surface area contributed by atoms with Crippen LogP contribution in [-0.2, 0) is 11.3 Å². The van der Waals surface area contributed by atoms with E-state index in [2.05, 4.69) is 34.2 Å². The molecule has 4 aromatic rings. The standard InChI is InChI=1S/C23H21N3O2S/c1-2-26(14-21-24-20-10-6-5-9-19(20)23(28)25-21)22(27)15-29-18-12-11-16-7-3-4-8-17(16)13-18/h3-13H,2,14-15H2,1H3,(H,24,25,28). The van der Waals surface area contributed by atoms with Gasteiger partial charge in [-0.05, 0) is 42.0 Å². The Labute approximate surface area is 172 Å². The molecular formula is C23H21N3O2S. The fraction of sp³-hybridized carbons (Fsp3) is 0.174. The van der Waals surface area contributed by atoms with Crippen LogP contribution in [0.2, 0.25) is 0 Å². The summed E-state index contributed by atoms with van der Waals surface area (Å²) in [5.74, 6) is 0.852. The van der Waals surface area contributed by atoms with E-state index >= 15 is 0 Å². The number of hydrogen-bond acceptors (Lipinski definition) is 4. The summed E-state index contributed by atoms with van der Waals surface area (Å²) in [6, 6.07) is 21.6. The highest BCUT2D eigenvalue weighted by Gasteiger charge is 2.15. The Morgan fingerprint density at radius 2 is 1.79 bits per heavy atom. The van der Waals surface area contributed by atoms with Crippen LogP contribution in [0.5, 0.6) is 0 Å². The molecule has 0 bridgehead atoms. The Morgan fingerprint density at radius 3 is 2.62 bits per heavy atom. The van der Waals surface area contributed by atoms with E-state index in [9.17, 15) is 9.59 Å². The zero-order valence-corrected chi connectivity index (χ0v) is 16.9. The molecule has 6 heteroatoms. The first-order chi connectivity index (χ1) is 14.1. The number of carbonyl (C=O) groups excluding carboxylic acids is 1. The van der Waals surface area contributed by atoms with Gasteiger partial charge in [0.25, 0.3) is 5.56 Å². The monoisotopic (exact) mass is 403 g/mol. The largest absolute Gasteiger partial charge is 0.335 e. The minimum absolute atomic E-state index is 0.0152. The van der Waals surface area contributed by atoms with Gasteiger partial charge in [-0.25, -0.2) is 4.98 Å². The number of benzene rings is 3. The number of thioether (sulfide) groups is 1. The third-order valence-corrected chi connectivity index (χ3v) is 5.80. The number of para-hydroxylation sites is 1. The second-order valence-electron chi connectivity index (χ2n) is 6.74. The number of fused-ring (bicyclic) bond motifs is 2. The molecule has 5 nitrogen and oxygen atoms in total. The maximum absolute atomic E-state index is 12.7. The van der Waals surface area contributed by atoms with Gasteiger partial charge in [0.1, 0.15) is 5.82 Å². The van der Waals surface area contributed by atoms with Crippen molar-refractivity contribution in [3.8, 4) is 0 Å². The fourth-order valence-corrected chi connectivity index (χ4v) is 4.11. The molecule has 4 rings (SSSR count). The van der Waals surface area contributed by atoms with E-state index in [-0.39, 0.29) is 18.0 Å². The summed E-state index contributed by atoms with van der Waals surface area (Å²) < 4.78 is 0. The Morgan fingerprint density at radius 1 is 1.03 bits per heavy atom. The summed E-state index contributed by atoms with van der Waals surface area (Å²) in [6.45, 7) is 2.76. The number of carbonyl (C=O) groups is 1. The lowest BCUT2D eigenvalue weighted by atomic mass is 10.1. The average molecular weight is 404 g/mol. The van der Waals surface area contributed by atoms with E-state index in [1.807, 2.05) is 43.3 Å². The predicted molar refractivity (Wildman–Crippen MR) is 118 cm³/mol. The molecule has 0 unspecified atom stereocenters. The molecule has 0 spiro atoms. The number of aromatic nitrogens is 2. The van der Waals surface area contributed by atoms with Gasteiger partial charge in [-0.3, -0.25) is 9.59 Å². The number of amides is 1. The lowest BCUT2D eigenvalue weighted by molar-refractivity contribution is -0.128. The average Bonchev–Trinajstić information content (AvgIpc) is 2.75. The molecule has 1 N–H and O–H groups in total. The van der Waals surface area contributed by atoms with Gasteiger partial charge in [0, 0.05) is 11.4 Å². The third kappa shape index (κ3) is 4.32. The highest BCUT2D eigenvalue weighted by atomic mass is 32.2. The molecule has 3 aromatic carbocycles. The van der Waals surface area contributed by atoms with Crippen LogP contribution in [0.25, 0.3) is 21.7 Å². The quantitative estimate of drug-likeness (QED) is 0.490. The fourth-order valence-electron chi connectivity index (χ4n) is 3.26. The molecule has 0 radical (unpaired) electrons. The summed E-state index contributed by atoms with van der Waals surface area (Å²) in [5, 5.41) is 2.90. The Balaban J connectivity index is 1.45. The van der Waals surface area contributed by atoms with Crippen LogP contribution >= 0.6 is 11.8 Å². The lowest BCUT2D eigenvalue weighted by Crippen LogP contribution is -2.33. The number of nitrogens with one attached hydrogen (secondary N) is 1. The van der Waals surface area contributed by atoms with Gasteiger partial charge in [-0.2, -0.15) is 0 Å². The van der Waals surface area contributed by atoms with Crippen LogP contribution in [0.1, 0.15) is 12.7 Å². The number of hydrogen-bond donors (Lipinski definition) is 1. The minimum atomic E-state index is -0.181. The summed E-state index contributed by atoms with van der Waals surface area (Å²) in [7, 11) is 0. The zero-order valence-electron chi connectivity index (χ0n) is 16.1. The van der Waals surface area contributed by atoms with E-state index in [4.69, 9.17) is 0 Å². The summed E-state index contributed by atoms with van der Waals surface area (Å²) in [4.78, 5) is 35.1. The van der Waals surface area contributed by atoms with Crippen molar-refractivity contribution < 1.29 is 4.79 Å². The van der Waals surface area contributed by atoms with Crippen molar-refractivity contribution in [2.75, 3.05) is 12.3 Å². The van der Waals surface area contributed by atoms with Crippen LogP contribution in [-0.4, -0.2) is 33.1 Å². The highest BCUT2D eigenvalue weighted by Crippen LogP contribution is 2.24. The maximum Gasteiger partial charge on any atom is 0.258 e. The smallest absolute Gasteiger partial charge is 0.258 e. The molecule has 1 aromatic heterocycles. The summed E-state index contributed by atoms with van der Waals surface area (Å²) in [6.07, 6.45) is 0. The molecule has 1 heterocycles. The van der Waals surface area contributed by atoms with E-state index < -0.39 is 0 Å². The van der Waals surface area contributed by atoms with Crippen LogP contribution in [0, 0.1) is 0 Å². The molecule has 0 saturated heterocycles. The number of nitrogens with zero attached hydrogens (tertiary/aromatic N) is 2. The first-order valence-electron chi connectivity index (χ1n) is 9.51. The lowest BCUT2D eigenvalue weighted by Gasteiger charge is -2.20. The van der Waals surface area contributed by atoms with Crippen molar-refractivity contribution >= 4 is 39.3 Å². The van der Waals surface area contributed by atoms with Gasteiger partial charge < -0.3 is 9.88 Å². The minimum Gasteiger partial charge on any atom is -0.335 e. The molecule has 1 amide bonds. The normalized spacial score (nSPS) is 11.1. The number of H-pyrrole nitrogens is 1. The molecule has 0 aliphatic carbocycles. The third-order valence-electron chi connectivity index (χ3n) is 4.82. The van der Waals surface area contributed by atoms with Crippen LogP contribution in [0.15, 0.2) is 76.4 Å². The van der Waals surface area contributed by atoms with Crippen molar-refractivity contribution in [3.05, 3.63) is 82.9 Å². The van der Waals surface area contributed by atoms with Crippen molar-refractivity contribution in [2.24, 2.45) is 0 Å². The second-order valence-corrected chi connectivity index (χ2v) is 7.78.